The molecule has 0 spiro atoms. The van der Waals surface area contributed by atoms with Crippen LogP contribution in [0.2, 0.25) is 0 Å². The average molecular weight is 359 g/mol. The van der Waals surface area contributed by atoms with E-state index in [9.17, 15) is 9.59 Å². The third-order valence-electron chi connectivity index (χ3n) is 3.09. The first-order valence-electron chi connectivity index (χ1n) is 8.04. The monoisotopic (exact) mass is 359 g/mol. The van der Waals surface area contributed by atoms with Gasteiger partial charge in [-0.1, -0.05) is 36.3 Å². The van der Waals surface area contributed by atoms with Gasteiger partial charge in [0.1, 0.15) is 17.1 Å². The number of hydrogen-bond acceptors (Lipinski definition) is 7. The Kier molecular flexibility index (Phi) is 5.76. The van der Waals surface area contributed by atoms with Crippen LogP contribution in [0, 0.1) is 5.41 Å². The molecule has 0 radical (unpaired) electrons. The number of aromatic nitrogens is 1. The third kappa shape index (κ3) is 5.44. The molecular weight excluding hydrogens is 338 g/mol. The molecule has 2 rings (SSSR count). The quantitative estimate of drug-likeness (QED) is 0.490. The molecule has 0 fully saturated rings. The molecule has 0 aliphatic heterocycles. The van der Waals surface area contributed by atoms with Crippen LogP contribution >= 0.6 is 0 Å². The highest BCUT2D eigenvalue weighted by Gasteiger charge is 2.17. The zero-order valence-corrected chi connectivity index (χ0v) is 15.1. The fraction of sp³-hybridized carbons (Fsp3) is 0.333. The van der Waals surface area contributed by atoms with E-state index in [0.717, 1.165) is 0 Å². The molecule has 1 amide bonds. The number of esters is 1. The van der Waals surface area contributed by atoms with Crippen LogP contribution in [0.5, 0.6) is 5.95 Å². The van der Waals surface area contributed by atoms with Crippen LogP contribution in [-0.2, 0) is 9.53 Å². The molecule has 8 nitrogen and oxygen atoms in total. The van der Waals surface area contributed by atoms with E-state index in [1.807, 2.05) is 0 Å². The number of nitrogens with zero attached hydrogens (tertiary/aromatic N) is 1. The topological polar surface area (TPSA) is 115 Å². The Morgan fingerprint density at radius 2 is 1.88 bits per heavy atom. The summed E-state index contributed by atoms with van der Waals surface area (Å²) in [6.07, 6.45) is -0.456. The summed E-state index contributed by atoms with van der Waals surface area (Å²) in [7, 11) is 0. The molecule has 0 unspecified atom stereocenters. The Balaban J connectivity index is 2.03. The molecule has 2 aromatic rings. The van der Waals surface area contributed by atoms with Gasteiger partial charge in [0, 0.05) is 17.5 Å². The minimum absolute atomic E-state index is 0.0234. The maximum atomic E-state index is 11.7. The summed E-state index contributed by atoms with van der Waals surface area (Å²) in [6, 6.07) is 8.24. The highest BCUT2D eigenvalue weighted by atomic mass is 16.6. The zero-order valence-electron chi connectivity index (χ0n) is 15.1. The Labute approximate surface area is 151 Å². The van der Waals surface area contributed by atoms with Crippen LogP contribution in [0.25, 0.3) is 11.3 Å². The van der Waals surface area contributed by atoms with Crippen LogP contribution in [0.1, 0.15) is 39.7 Å². The molecule has 0 saturated heterocycles. The van der Waals surface area contributed by atoms with Crippen LogP contribution < -0.4 is 10.1 Å². The van der Waals surface area contributed by atoms with Crippen molar-refractivity contribution < 1.29 is 23.6 Å². The number of alkyl carbamates (subject to hydrolysis) is 1. The zero-order chi connectivity index (χ0) is 19.3. The maximum Gasteiger partial charge on any atom is 0.413 e. The van der Waals surface area contributed by atoms with Gasteiger partial charge < -0.3 is 14.0 Å². The minimum atomic E-state index is -0.689. The van der Waals surface area contributed by atoms with Crippen molar-refractivity contribution in [2.75, 3.05) is 0 Å². The summed E-state index contributed by atoms with van der Waals surface area (Å²) in [4.78, 5) is 23.0. The van der Waals surface area contributed by atoms with Gasteiger partial charge in [0.05, 0.1) is 6.07 Å². The lowest BCUT2D eigenvalue weighted by atomic mass is 10.1. The molecule has 138 valence electrons. The highest BCUT2D eigenvalue weighted by molar-refractivity contribution is 6.04. The number of hydrogen-bond donors (Lipinski definition) is 2. The van der Waals surface area contributed by atoms with Gasteiger partial charge in [-0.3, -0.25) is 15.5 Å². The molecule has 1 heterocycles. The van der Waals surface area contributed by atoms with Gasteiger partial charge in [-0.15, -0.1) is 0 Å². The number of ether oxygens (including phenoxy) is 2. The molecular formula is C18H21N3O5. The second-order valence-corrected chi connectivity index (χ2v) is 6.44. The summed E-state index contributed by atoms with van der Waals surface area (Å²) >= 11 is 0. The number of rotatable bonds is 4. The first-order valence-corrected chi connectivity index (χ1v) is 8.04. The first-order chi connectivity index (χ1) is 12.2. The highest BCUT2D eigenvalue weighted by Crippen LogP contribution is 2.23. The summed E-state index contributed by atoms with van der Waals surface area (Å²) in [6.45, 7) is 6.91. The summed E-state index contributed by atoms with van der Waals surface area (Å²) in [5.41, 5.74) is 1.06. The van der Waals surface area contributed by atoms with E-state index in [0.29, 0.717) is 16.8 Å². The van der Waals surface area contributed by atoms with E-state index < -0.39 is 17.7 Å². The molecule has 1 aromatic carbocycles. The number of amides is 1. The van der Waals surface area contributed by atoms with Crippen molar-refractivity contribution in [3.63, 3.8) is 0 Å². The Bertz CT molecular complexity index is 803. The van der Waals surface area contributed by atoms with Crippen LogP contribution in [0.15, 0.2) is 34.9 Å². The van der Waals surface area contributed by atoms with Crippen molar-refractivity contribution >= 4 is 17.9 Å². The van der Waals surface area contributed by atoms with Crippen LogP contribution in [-0.4, -0.2) is 28.7 Å². The fourth-order valence-corrected chi connectivity index (χ4v) is 1.91. The van der Waals surface area contributed by atoms with E-state index in [1.54, 1.807) is 52.0 Å². The number of carbonyl (C=O) groups excluding carboxylic acids is 2. The van der Waals surface area contributed by atoms with E-state index in [1.165, 1.54) is 6.07 Å². The van der Waals surface area contributed by atoms with Crippen molar-refractivity contribution in [3.8, 4) is 17.2 Å². The van der Waals surface area contributed by atoms with Crippen molar-refractivity contribution in [3.05, 3.63) is 35.9 Å². The maximum absolute atomic E-state index is 11.7. The van der Waals surface area contributed by atoms with Gasteiger partial charge in [0.15, 0.2) is 0 Å². The summed E-state index contributed by atoms with van der Waals surface area (Å²) in [5.74, 6) is -0.469. The summed E-state index contributed by atoms with van der Waals surface area (Å²) < 4.78 is 15.0. The van der Waals surface area contributed by atoms with Crippen molar-refractivity contribution in [1.82, 2.24) is 10.5 Å². The predicted molar refractivity (Wildman–Crippen MR) is 94.1 cm³/mol. The van der Waals surface area contributed by atoms with E-state index in [2.05, 4.69) is 10.5 Å². The molecule has 1 aromatic heterocycles. The smallest absolute Gasteiger partial charge is 0.413 e. The van der Waals surface area contributed by atoms with E-state index >= 15 is 0 Å². The number of carbonyl (C=O) groups is 2. The van der Waals surface area contributed by atoms with Gasteiger partial charge in [-0.2, -0.15) is 0 Å². The van der Waals surface area contributed by atoms with Crippen molar-refractivity contribution in [2.45, 2.75) is 39.7 Å². The Morgan fingerprint density at radius 3 is 2.46 bits per heavy atom. The van der Waals surface area contributed by atoms with E-state index in [4.69, 9.17) is 19.4 Å². The first kappa shape index (κ1) is 19.2. The van der Waals surface area contributed by atoms with E-state index in [-0.39, 0.29) is 18.2 Å². The van der Waals surface area contributed by atoms with Gasteiger partial charge >= 0.3 is 18.0 Å². The number of nitrogens with one attached hydrogen (secondary N) is 2. The van der Waals surface area contributed by atoms with Crippen molar-refractivity contribution in [1.29, 1.82) is 5.41 Å². The molecule has 26 heavy (non-hydrogen) atoms. The largest absolute Gasteiger partial charge is 0.444 e. The Morgan fingerprint density at radius 1 is 1.23 bits per heavy atom. The van der Waals surface area contributed by atoms with Gasteiger partial charge in [0.2, 0.25) is 0 Å². The van der Waals surface area contributed by atoms with Crippen molar-refractivity contribution in [2.24, 2.45) is 0 Å². The van der Waals surface area contributed by atoms with Gasteiger partial charge in [0.25, 0.3) is 0 Å². The molecule has 8 heteroatoms. The summed E-state index contributed by atoms with van der Waals surface area (Å²) in [5, 5.41) is 14.2. The predicted octanol–water partition coefficient (Wildman–Crippen LogP) is 3.51. The molecule has 0 bridgehead atoms. The molecule has 0 atom stereocenters. The molecule has 0 aliphatic rings. The lowest BCUT2D eigenvalue weighted by molar-refractivity contribution is -0.135. The lowest BCUT2D eigenvalue weighted by Crippen LogP contribution is -2.36. The standard InChI is InChI=1S/C18H21N3O5/c1-5-14(22)24-15-10-13(21-26-15)11-6-8-12(9-7-11)16(19)20-17(23)25-18(2,3)4/h6-10H,5H2,1-4H3,(H2,19,20,23). The third-order valence-corrected chi connectivity index (χ3v) is 3.09. The van der Waals surface area contributed by atoms with Gasteiger partial charge in [-0.25, -0.2) is 4.79 Å². The molecule has 0 aliphatic carbocycles. The number of benzene rings is 1. The second-order valence-electron chi connectivity index (χ2n) is 6.44. The fourth-order valence-electron chi connectivity index (χ4n) is 1.91. The molecule has 0 saturated carbocycles. The normalized spacial score (nSPS) is 10.9. The SMILES string of the molecule is CCC(=O)Oc1cc(-c2ccc(C(=N)NC(=O)OC(C)(C)C)cc2)no1. The average Bonchev–Trinajstić information content (AvgIpc) is 3.01. The lowest BCUT2D eigenvalue weighted by Gasteiger charge is -2.19. The molecule has 2 N–H and O–H groups in total. The minimum Gasteiger partial charge on any atom is -0.444 e. The number of amidine groups is 1. The second kappa shape index (κ2) is 7.81. The van der Waals surface area contributed by atoms with Gasteiger partial charge in [-0.05, 0) is 20.8 Å². The van der Waals surface area contributed by atoms with Crippen LogP contribution in [0.3, 0.4) is 0 Å². The Hall–Kier alpha value is -3.16. The van der Waals surface area contributed by atoms with Crippen LogP contribution in [0.4, 0.5) is 4.79 Å².